The molecule has 112 valence electrons. The van der Waals surface area contributed by atoms with Crippen LogP contribution in [0.1, 0.15) is 25.3 Å². The highest BCUT2D eigenvalue weighted by molar-refractivity contribution is 5.40. The van der Waals surface area contributed by atoms with E-state index in [0.717, 1.165) is 37.7 Å². The van der Waals surface area contributed by atoms with Crippen molar-refractivity contribution in [3.63, 3.8) is 0 Å². The van der Waals surface area contributed by atoms with Crippen LogP contribution in [-0.2, 0) is 6.54 Å². The number of likely N-dealkylation sites (N-methyl/N-ethyl adjacent to an activating group) is 1. The molecule has 0 amide bonds. The first-order valence-corrected chi connectivity index (χ1v) is 7.44. The topological polar surface area (TPSA) is 33.7 Å². The molecule has 1 heterocycles. The van der Waals surface area contributed by atoms with E-state index in [0.29, 0.717) is 6.04 Å². The molecule has 1 N–H and O–H groups in total. The van der Waals surface area contributed by atoms with Crippen molar-refractivity contribution in [3.8, 4) is 11.5 Å². The summed E-state index contributed by atoms with van der Waals surface area (Å²) in [6.07, 6.45) is 2.54. The van der Waals surface area contributed by atoms with Gasteiger partial charge in [-0.1, -0.05) is 13.0 Å². The lowest BCUT2D eigenvalue weighted by Gasteiger charge is -2.34. The molecule has 0 aromatic heterocycles. The summed E-state index contributed by atoms with van der Waals surface area (Å²) in [7, 11) is 3.40. The Morgan fingerprint density at radius 3 is 2.75 bits per heavy atom. The van der Waals surface area contributed by atoms with Gasteiger partial charge in [0.05, 0.1) is 14.2 Å². The van der Waals surface area contributed by atoms with E-state index < -0.39 is 0 Å². The second-order valence-corrected chi connectivity index (χ2v) is 5.24. The Morgan fingerprint density at radius 1 is 1.30 bits per heavy atom. The average molecular weight is 278 g/mol. The SMILES string of the molecule is CCN(Cc1ccc(OC)cc1OC)C1CCCNC1. The first-order valence-electron chi connectivity index (χ1n) is 7.44. The molecule has 0 saturated carbocycles. The monoisotopic (exact) mass is 278 g/mol. The minimum Gasteiger partial charge on any atom is -0.497 e. The molecule has 1 saturated heterocycles. The molecule has 2 rings (SSSR count). The molecular formula is C16H26N2O2. The normalized spacial score (nSPS) is 19.1. The molecule has 4 nitrogen and oxygen atoms in total. The number of ether oxygens (including phenoxy) is 2. The Labute approximate surface area is 122 Å². The first-order chi connectivity index (χ1) is 9.78. The molecule has 0 spiro atoms. The van der Waals surface area contributed by atoms with Crippen molar-refractivity contribution in [1.29, 1.82) is 0 Å². The van der Waals surface area contributed by atoms with Crippen LogP contribution in [0.2, 0.25) is 0 Å². The number of nitrogens with zero attached hydrogens (tertiary/aromatic N) is 1. The Hall–Kier alpha value is -1.26. The highest BCUT2D eigenvalue weighted by Gasteiger charge is 2.20. The zero-order valence-corrected chi connectivity index (χ0v) is 12.8. The van der Waals surface area contributed by atoms with Crippen molar-refractivity contribution >= 4 is 0 Å². The summed E-state index contributed by atoms with van der Waals surface area (Å²) in [6.45, 7) is 6.45. The molecule has 20 heavy (non-hydrogen) atoms. The fourth-order valence-corrected chi connectivity index (χ4v) is 2.85. The highest BCUT2D eigenvalue weighted by atomic mass is 16.5. The van der Waals surface area contributed by atoms with Gasteiger partial charge in [0.25, 0.3) is 0 Å². The number of benzene rings is 1. The number of methoxy groups -OCH3 is 2. The summed E-state index contributed by atoms with van der Waals surface area (Å²) in [5, 5.41) is 3.49. The van der Waals surface area contributed by atoms with E-state index in [1.54, 1.807) is 14.2 Å². The van der Waals surface area contributed by atoms with Gasteiger partial charge < -0.3 is 14.8 Å². The number of hydrogen-bond donors (Lipinski definition) is 1. The van der Waals surface area contributed by atoms with Crippen molar-refractivity contribution in [3.05, 3.63) is 23.8 Å². The van der Waals surface area contributed by atoms with Crippen LogP contribution in [0.5, 0.6) is 11.5 Å². The van der Waals surface area contributed by atoms with Crippen LogP contribution in [0, 0.1) is 0 Å². The van der Waals surface area contributed by atoms with Crippen molar-refractivity contribution in [2.45, 2.75) is 32.4 Å². The Balaban J connectivity index is 2.09. The van der Waals surface area contributed by atoms with Crippen LogP contribution in [0.4, 0.5) is 0 Å². The first kappa shape index (κ1) is 15.1. The maximum atomic E-state index is 5.50. The van der Waals surface area contributed by atoms with Gasteiger partial charge in [0, 0.05) is 30.8 Å². The zero-order valence-electron chi connectivity index (χ0n) is 12.8. The number of nitrogens with one attached hydrogen (secondary N) is 1. The number of hydrogen-bond acceptors (Lipinski definition) is 4. The second kappa shape index (κ2) is 7.50. The van der Waals surface area contributed by atoms with Gasteiger partial charge in [-0.2, -0.15) is 0 Å². The third-order valence-corrected chi connectivity index (χ3v) is 4.06. The van der Waals surface area contributed by atoms with Crippen molar-refractivity contribution in [1.82, 2.24) is 10.2 Å². The largest absolute Gasteiger partial charge is 0.497 e. The highest BCUT2D eigenvalue weighted by Crippen LogP contribution is 2.26. The lowest BCUT2D eigenvalue weighted by atomic mass is 10.0. The average Bonchev–Trinajstić information content (AvgIpc) is 2.53. The molecular weight excluding hydrogens is 252 g/mol. The predicted molar refractivity (Wildman–Crippen MR) is 81.5 cm³/mol. The van der Waals surface area contributed by atoms with Crippen LogP contribution < -0.4 is 14.8 Å². The molecule has 1 unspecified atom stereocenters. The quantitative estimate of drug-likeness (QED) is 0.865. The molecule has 4 heteroatoms. The van der Waals surface area contributed by atoms with Crippen molar-refractivity contribution < 1.29 is 9.47 Å². The van der Waals surface area contributed by atoms with Gasteiger partial charge in [0.15, 0.2) is 0 Å². The number of piperidine rings is 1. The van der Waals surface area contributed by atoms with E-state index in [2.05, 4.69) is 23.2 Å². The summed E-state index contributed by atoms with van der Waals surface area (Å²) in [5.74, 6) is 1.75. The zero-order chi connectivity index (χ0) is 14.4. The Bertz CT molecular complexity index is 417. The summed E-state index contributed by atoms with van der Waals surface area (Å²) < 4.78 is 10.8. The van der Waals surface area contributed by atoms with E-state index in [9.17, 15) is 0 Å². The lowest BCUT2D eigenvalue weighted by molar-refractivity contribution is 0.164. The molecule has 1 aromatic rings. The van der Waals surface area contributed by atoms with E-state index in [-0.39, 0.29) is 0 Å². The molecule has 1 aromatic carbocycles. The Kier molecular flexibility index (Phi) is 5.68. The summed E-state index contributed by atoms with van der Waals surface area (Å²) in [6, 6.07) is 6.70. The third-order valence-electron chi connectivity index (χ3n) is 4.06. The van der Waals surface area contributed by atoms with Gasteiger partial charge in [0.1, 0.15) is 11.5 Å². The van der Waals surface area contributed by atoms with Crippen LogP contribution in [0.15, 0.2) is 18.2 Å². The molecule has 1 fully saturated rings. The van der Waals surface area contributed by atoms with Gasteiger partial charge in [-0.3, -0.25) is 4.90 Å². The van der Waals surface area contributed by atoms with Gasteiger partial charge in [-0.25, -0.2) is 0 Å². The minimum absolute atomic E-state index is 0.626. The van der Waals surface area contributed by atoms with E-state index in [4.69, 9.17) is 9.47 Å². The van der Waals surface area contributed by atoms with Gasteiger partial charge >= 0.3 is 0 Å². The minimum atomic E-state index is 0.626. The summed E-state index contributed by atoms with van der Waals surface area (Å²) in [5.41, 5.74) is 1.22. The molecule has 0 bridgehead atoms. The molecule has 0 aliphatic carbocycles. The lowest BCUT2D eigenvalue weighted by Crippen LogP contribution is -2.45. The molecule has 0 radical (unpaired) electrons. The molecule has 1 aliphatic heterocycles. The van der Waals surface area contributed by atoms with Crippen LogP contribution in [-0.4, -0.2) is 44.8 Å². The van der Waals surface area contributed by atoms with Gasteiger partial charge in [-0.05, 0) is 32.0 Å². The fraction of sp³-hybridized carbons (Fsp3) is 0.625. The predicted octanol–water partition coefficient (Wildman–Crippen LogP) is 2.28. The van der Waals surface area contributed by atoms with Crippen LogP contribution in [0.25, 0.3) is 0 Å². The third kappa shape index (κ3) is 3.64. The van der Waals surface area contributed by atoms with E-state index in [1.165, 1.54) is 18.4 Å². The maximum absolute atomic E-state index is 5.50. The van der Waals surface area contributed by atoms with Crippen LogP contribution in [0.3, 0.4) is 0 Å². The molecule has 1 atom stereocenters. The smallest absolute Gasteiger partial charge is 0.127 e. The standard InChI is InChI=1S/C16H26N2O2/c1-4-18(14-6-5-9-17-11-14)12-13-7-8-15(19-2)10-16(13)20-3/h7-8,10,14,17H,4-6,9,11-12H2,1-3H3. The van der Waals surface area contributed by atoms with E-state index >= 15 is 0 Å². The fourth-order valence-electron chi connectivity index (χ4n) is 2.85. The number of rotatable bonds is 6. The molecule has 1 aliphatic rings. The van der Waals surface area contributed by atoms with Gasteiger partial charge in [0.2, 0.25) is 0 Å². The Morgan fingerprint density at radius 2 is 2.15 bits per heavy atom. The van der Waals surface area contributed by atoms with Crippen molar-refractivity contribution in [2.75, 3.05) is 33.9 Å². The van der Waals surface area contributed by atoms with Crippen LogP contribution >= 0.6 is 0 Å². The summed E-state index contributed by atoms with van der Waals surface area (Å²) >= 11 is 0. The van der Waals surface area contributed by atoms with Gasteiger partial charge in [-0.15, -0.1) is 0 Å². The summed E-state index contributed by atoms with van der Waals surface area (Å²) in [4.78, 5) is 2.52. The maximum Gasteiger partial charge on any atom is 0.127 e. The second-order valence-electron chi connectivity index (χ2n) is 5.24. The van der Waals surface area contributed by atoms with Crippen molar-refractivity contribution in [2.24, 2.45) is 0 Å². The van der Waals surface area contributed by atoms with E-state index in [1.807, 2.05) is 12.1 Å².